The van der Waals surface area contributed by atoms with Gasteiger partial charge in [-0.15, -0.1) is 11.8 Å². The fraction of sp³-hybridized carbons (Fsp3) is 0.545. The van der Waals surface area contributed by atoms with Crippen molar-refractivity contribution < 1.29 is 14.6 Å². The summed E-state index contributed by atoms with van der Waals surface area (Å²) in [7, 11) is 1.29. The minimum absolute atomic E-state index is 0.00482. The normalized spacial score (nSPS) is 14.2. The minimum atomic E-state index is -0.555. The van der Waals surface area contributed by atoms with Gasteiger partial charge in [-0.1, -0.05) is 6.92 Å². The summed E-state index contributed by atoms with van der Waals surface area (Å²) in [5.74, 6) is -0.506. The Kier molecular flexibility index (Phi) is 4.89. The molecule has 2 unspecified atom stereocenters. The van der Waals surface area contributed by atoms with Crippen molar-refractivity contribution in [3.63, 3.8) is 0 Å². The van der Waals surface area contributed by atoms with Gasteiger partial charge in [0.15, 0.2) is 0 Å². The highest BCUT2D eigenvalue weighted by Crippen LogP contribution is 2.23. The van der Waals surface area contributed by atoms with E-state index in [0.717, 1.165) is 0 Å². The van der Waals surface area contributed by atoms with E-state index in [4.69, 9.17) is 0 Å². The molecule has 0 saturated heterocycles. The van der Waals surface area contributed by atoms with E-state index in [1.165, 1.54) is 18.9 Å². The number of hydrogen-bond acceptors (Lipinski definition) is 6. The summed E-state index contributed by atoms with van der Waals surface area (Å²) in [6.45, 7) is 5.39. The van der Waals surface area contributed by atoms with Crippen molar-refractivity contribution in [3.05, 3.63) is 17.6 Å². The molecule has 0 amide bonds. The summed E-state index contributed by atoms with van der Waals surface area (Å²) in [6.07, 6.45) is -0.447. The molecule has 94 valence electrons. The number of carbonyl (C=O) groups excluding carboxylic acids is 1. The van der Waals surface area contributed by atoms with Gasteiger partial charge in [0.2, 0.25) is 5.82 Å². The molecule has 1 aromatic rings. The van der Waals surface area contributed by atoms with Gasteiger partial charge in [0.05, 0.1) is 13.2 Å². The SMILES string of the molecule is COC(=O)c1nc(C)cc(SC(C)C(C)O)n1. The fourth-order valence-corrected chi connectivity index (χ4v) is 2.03. The molecule has 1 N–H and O–H groups in total. The monoisotopic (exact) mass is 256 g/mol. The largest absolute Gasteiger partial charge is 0.463 e. The number of aryl methyl sites for hydroxylation is 1. The van der Waals surface area contributed by atoms with Crippen molar-refractivity contribution in [2.24, 2.45) is 0 Å². The van der Waals surface area contributed by atoms with Gasteiger partial charge in [0.1, 0.15) is 5.03 Å². The molecule has 17 heavy (non-hydrogen) atoms. The molecule has 6 heteroatoms. The molecule has 0 bridgehead atoms. The number of rotatable bonds is 4. The standard InChI is InChI=1S/C11H16N2O3S/c1-6-5-9(17-8(3)7(2)14)13-10(12-6)11(15)16-4/h5,7-8,14H,1-4H3. The lowest BCUT2D eigenvalue weighted by Gasteiger charge is -2.13. The molecule has 1 aromatic heterocycles. The third kappa shape index (κ3) is 3.98. The van der Waals surface area contributed by atoms with Crippen LogP contribution < -0.4 is 0 Å². The first-order valence-electron chi connectivity index (χ1n) is 5.22. The zero-order chi connectivity index (χ0) is 13.0. The van der Waals surface area contributed by atoms with Gasteiger partial charge in [0, 0.05) is 10.9 Å². The molecule has 1 heterocycles. The van der Waals surface area contributed by atoms with Crippen LogP contribution in [0.4, 0.5) is 0 Å². The van der Waals surface area contributed by atoms with Crippen LogP contribution in [0.5, 0.6) is 0 Å². The number of thioether (sulfide) groups is 1. The van der Waals surface area contributed by atoms with Gasteiger partial charge in [-0.05, 0) is 19.9 Å². The highest BCUT2D eigenvalue weighted by molar-refractivity contribution is 7.99. The van der Waals surface area contributed by atoms with E-state index >= 15 is 0 Å². The summed E-state index contributed by atoms with van der Waals surface area (Å²) < 4.78 is 4.58. The Morgan fingerprint density at radius 2 is 2.12 bits per heavy atom. The molecular formula is C11H16N2O3S. The number of carbonyl (C=O) groups is 1. The van der Waals surface area contributed by atoms with Crippen molar-refractivity contribution in [1.82, 2.24) is 9.97 Å². The van der Waals surface area contributed by atoms with Crippen LogP contribution in [0.15, 0.2) is 11.1 Å². The van der Waals surface area contributed by atoms with Crippen LogP contribution in [0.2, 0.25) is 0 Å². The van der Waals surface area contributed by atoms with Crippen LogP contribution in [-0.2, 0) is 4.74 Å². The zero-order valence-electron chi connectivity index (χ0n) is 10.3. The van der Waals surface area contributed by atoms with Gasteiger partial charge in [0.25, 0.3) is 0 Å². The summed E-state index contributed by atoms with van der Waals surface area (Å²) in [4.78, 5) is 19.4. The second-order valence-corrected chi connectivity index (χ2v) is 5.12. The first-order chi connectivity index (χ1) is 7.93. The third-order valence-electron chi connectivity index (χ3n) is 2.18. The molecule has 0 saturated carbocycles. The number of ether oxygens (including phenoxy) is 1. The van der Waals surface area contributed by atoms with Crippen molar-refractivity contribution in [3.8, 4) is 0 Å². The number of nitrogens with zero attached hydrogens (tertiary/aromatic N) is 2. The van der Waals surface area contributed by atoms with Gasteiger partial charge >= 0.3 is 5.97 Å². The minimum Gasteiger partial charge on any atom is -0.463 e. The molecule has 0 aliphatic rings. The van der Waals surface area contributed by atoms with Gasteiger partial charge in [-0.25, -0.2) is 14.8 Å². The van der Waals surface area contributed by atoms with Crippen molar-refractivity contribution >= 4 is 17.7 Å². The quantitative estimate of drug-likeness (QED) is 0.499. The molecule has 0 spiro atoms. The Bertz CT molecular complexity index is 410. The average Bonchev–Trinajstić information content (AvgIpc) is 2.26. The topological polar surface area (TPSA) is 72.3 Å². The van der Waals surface area contributed by atoms with Crippen LogP contribution in [0.3, 0.4) is 0 Å². The van der Waals surface area contributed by atoms with Crippen LogP contribution in [0, 0.1) is 6.92 Å². The molecule has 0 fully saturated rings. The first-order valence-corrected chi connectivity index (χ1v) is 6.10. The second kappa shape index (κ2) is 5.97. The maximum Gasteiger partial charge on any atom is 0.376 e. The first kappa shape index (κ1) is 13.9. The predicted octanol–water partition coefficient (Wildman–Crippen LogP) is 1.43. The lowest BCUT2D eigenvalue weighted by Crippen LogP contribution is -2.16. The molecule has 1 rings (SSSR count). The van der Waals surface area contributed by atoms with Gasteiger partial charge < -0.3 is 9.84 Å². The molecule has 0 aromatic carbocycles. The second-order valence-electron chi connectivity index (χ2n) is 3.73. The smallest absolute Gasteiger partial charge is 0.376 e. The van der Waals surface area contributed by atoms with Gasteiger partial charge in [-0.3, -0.25) is 0 Å². The predicted molar refractivity (Wildman–Crippen MR) is 65.1 cm³/mol. The number of esters is 1. The summed E-state index contributed by atoms with van der Waals surface area (Å²) in [5.41, 5.74) is 0.695. The maximum atomic E-state index is 11.3. The number of aliphatic hydroxyl groups is 1. The summed E-state index contributed by atoms with van der Waals surface area (Å²) in [6, 6.07) is 1.77. The van der Waals surface area contributed by atoms with Crippen LogP contribution in [0.25, 0.3) is 0 Å². The highest BCUT2D eigenvalue weighted by Gasteiger charge is 2.15. The van der Waals surface area contributed by atoms with Gasteiger partial charge in [-0.2, -0.15) is 0 Å². The van der Waals surface area contributed by atoms with E-state index in [9.17, 15) is 9.90 Å². The molecule has 0 aliphatic heterocycles. The Morgan fingerprint density at radius 3 is 2.65 bits per heavy atom. The molecule has 2 atom stereocenters. The average molecular weight is 256 g/mol. The van der Waals surface area contributed by atoms with Crippen molar-refractivity contribution in [1.29, 1.82) is 0 Å². The molecule has 5 nitrogen and oxygen atoms in total. The summed E-state index contributed by atoms with van der Waals surface area (Å²) >= 11 is 1.40. The molecule has 0 radical (unpaired) electrons. The van der Waals surface area contributed by atoms with Crippen molar-refractivity contribution in [2.45, 2.75) is 37.2 Å². The van der Waals surface area contributed by atoms with Crippen LogP contribution >= 0.6 is 11.8 Å². The van der Waals surface area contributed by atoms with Crippen molar-refractivity contribution in [2.75, 3.05) is 7.11 Å². The lowest BCUT2D eigenvalue weighted by atomic mass is 10.3. The fourth-order valence-electron chi connectivity index (χ4n) is 1.07. The molecule has 0 aliphatic carbocycles. The van der Waals surface area contributed by atoms with Crippen LogP contribution in [0.1, 0.15) is 30.2 Å². The van der Waals surface area contributed by atoms with E-state index < -0.39 is 12.1 Å². The Hall–Kier alpha value is -1.14. The number of hydrogen-bond donors (Lipinski definition) is 1. The Balaban J connectivity index is 2.93. The number of methoxy groups -OCH3 is 1. The zero-order valence-corrected chi connectivity index (χ0v) is 11.1. The van der Waals surface area contributed by atoms with E-state index in [-0.39, 0.29) is 11.1 Å². The Labute approximate surface area is 105 Å². The Morgan fingerprint density at radius 1 is 1.47 bits per heavy atom. The third-order valence-corrected chi connectivity index (χ3v) is 3.40. The maximum absolute atomic E-state index is 11.3. The number of aromatic nitrogens is 2. The molecular weight excluding hydrogens is 240 g/mol. The van der Waals surface area contributed by atoms with E-state index in [1.54, 1.807) is 19.9 Å². The van der Waals surface area contributed by atoms with E-state index in [0.29, 0.717) is 10.7 Å². The lowest BCUT2D eigenvalue weighted by molar-refractivity contribution is 0.0585. The van der Waals surface area contributed by atoms with E-state index in [1.807, 2.05) is 6.92 Å². The number of aliphatic hydroxyl groups excluding tert-OH is 1. The van der Waals surface area contributed by atoms with Crippen LogP contribution in [-0.4, -0.2) is 39.5 Å². The highest BCUT2D eigenvalue weighted by atomic mass is 32.2. The summed E-state index contributed by atoms with van der Waals surface area (Å²) in [5, 5.41) is 10.1. The van der Waals surface area contributed by atoms with E-state index in [2.05, 4.69) is 14.7 Å².